The molecule has 1 aromatic rings. The minimum atomic E-state index is -1.76. The van der Waals surface area contributed by atoms with Gasteiger partial charge in [-0.3, -0.25) is 4.90 Å². The normalized spacial score (nSPS) is 25.5. The minimum Gasteiger partial charge on any atom is -0.465 e. The van der Waals surface area contributed by atoms with Gasteiger partial charge in [-0.05, 0) is 5.56 Å². The molecule has 0 unspecified atom stereocenters. The smallest absolute Gasteiger partial charge is 0.408 e. The fourth-order valence-electron chi connectivity index (χ4n) is 2.12. The summed E-state index contributed by atoms with van der Waals surface area (Å²) in [4.78, 5) is 23.5. The maximum absolute atomic E-state index is 13.8. The molecule has 1 fully saturated rings. The van der Waals surface area contributed by atoms with E-state index in [0.717, 1.165) is 5.56 Å². The van der Waals surface area contributed by atoms with E-state index in [4.69, 9.17) is 15.6 Å². The van der Waals surface area contributed by atoms with Crippen LogP contribution in [-0.4, -0.2) is 46.9 Å². The summed E-state index contributed by atoms with van der Waals surface area (Å²) in [5.41, 5.74) is 6.19. The van der Waals surface area contributed by atoms with Crippen LogP contribution in [0.4, 0.5) is 9.18 Å². The standard InChI is InChI=1S/C13H15FN2O4/c14-10-9(15)6-16(13(18)19)11(10)12(17)20-7-8-4-2-1-3-5-8/h1-5,9-11H,6-7,15H2,(H,18,19)/t9-,10+,11+/m1/s1. The monoisotopic (exact) mass is 282 g/mol. The Kier molecular flexibility index (Phi) is 4.19. The Balaban J connectivity index is 2.01. The van der Waals surface area contributed by atoms with Crippen molar-refractivity contribution in [3.05, 3.63) is 35.9 Å². The van der Waals surface area contributed by atoms with Gasteiger partial charge in [0.15, 0.2) is 6.04 Å². The highest BCUT2D eigenvalue weighted by molar-refractivity contribution is 5.82. The van der Waals surface area contributed by atoms with Crippen molar-refractivity contribution in [3.8, 4) is 0 Å². The lowest BCUT2D eigenvalue weighted by molar-refractivity contribution is -0.151. The van der Waals surface area contributed by atoms with Crippen molar-refractivity contribution >= 4 is 12.1 Å². The zero-order chi connectivity index (χ0) is 14.7. The minimum absolute atomic E-state index is 0.0361. The van der Waals surface area contributed by atoms with Crippen molar-refractivity contribution in [3.63, 3.8) is 0 Å². The molecule has 1 saturated heterocycles. The van der Waals surface area contributed by atoms with Crippen LogP contribution in [0.1, 0.15) is 5.56 Å². The van der Waals surface area contributed by atoms with Gasteiger partial charge in [-0.2, -0.15) is 0 Å². The molecule has 1 aliphatic rings. The summed E-state index contributed by atoms with van der Waals surface area (Å²) in [5.74, 6) is -0.920. The highest BCUT2D eigenvalue weighted by Crippen LogP contribution is 2.22. The van der Waals surface area contributed by atoms with Crippen LogP contribution >= 0.6 is 0 Å². The van der Waals surface area contributed by atoms with Gasteiger partial charge in [0.1, 0.15) is 12.8 Å². The van der Waals surface area contributed by atoms with E-state index in [9.17, 15) is 14.0 Å². The van der Waals surface area contributed by atoms with Crippen molar-refractivity contribution in [2.75, 3.05) is 6.54 Å². The van der Waals surface area contributed by atoms with Crippen LogP contribution in [0.5, 0.6) is 0 Å². The number of hydrogen-bond acceptors (Lipinski definition) is 4. The number of carbonyl (C=O) groups excluding carboxylic acids is 1. The maximum atomic E-state index is 13.8. The number of carboxylic acid groups (broad SMARTS) is 1. The van der Waals surface area contributed by atoms with Crippen molar-refractivity contribution in [2.24, 2.45) is 5.73 Å². The number of ether oxygens (including phenoxy) is 1. The van der Waals surface area contributed by atoms with E-state index < -0.39 is 30.3 Å². The number of nitrogens with zero attached hydrogens (tertiary/aromatic N) is 1. The quantitative estimate of drug-likeness (QED) is 0.798. The highest BCUT2D eigenvalue weighted by Gasteiger charge is 2.48. The first-order valence-corrected chi connectivity index (χ1v) is 6.10. The fraction of sp³-hybridized carbons (Fsp3) is 0.385. The van der Waals surface area contributed by atoms with Gasteiger partial charge in [-0.1, -0.05) is 30.3 Å². The molecule has 3 atom stereocenters. The third-order valence-corrected chi connectivity index (χ3v) is 3.17. The Hall–Kier alpha value is -2.15. The SMILES string of the molecule is N[C@@H]1CN(C(=O)O)[C@H](C(=O)OCc2ccccc2)[C@H]1F. The Morgan fingerprint density at radius 3 is 2.65 bits per heavy atom. The number of esters is 1. The predicted molar refractivity (Wildman–Crippen MR) is 67.6 cm³/mol. The molecule has 6 nitrogen and oxygen atoms in total. The number of benzene rings is 1. The summed E-state index contributed by atoms with van der Waals surface area (Å²) in [5, 5.41) is 8.95. The molecule has 0 radical (unpaired) electrons. The molecule has 2 rings (SSSR count). The first kappa shape index (κ1) is 14.3. The van der Waals surface area contributed by atoms with E-state index in [2.05, 4.69) is 0 Å². The number of amides is 1. The van der Waals surface area contributed by atoms with Crippen LogP contribution in [-0.2, 0) is 16.1 Å². The number of carbonyl (C=O) groups is 2. The number of alkyl halides is 1. The lowest BCUT2D eigenvalue weighted by Crippen LogP contribution is -2.44. The molecule has 1 aliphatic heterocycles. The Bertz CT molecular complexity index is 496. The summed E-state index contributed by atoms with van der Waals surface area (Å²) in [6.07, 6.45) is -3.14. The summed E-state index contributed by atoms with van der Waals surface area (Å²) >= 11 is 0. The molecule has 3 N–H and O–H groups in total. The molecule has 1 heterocycles. The highest BCUT2D eigenvalue weighted by atomic mass is 19.1. The number of nitrogens with two attached hydrogens (primary N) is 1. The van der Waals surface area contributed by atoms with Crippen LogP contribution in [0.3, 0.4) is 0 Å². The molecule has 108 valence electrons. The van der Waals surface area contributed by atoms with Crippen molar-refractivity contribution in [2.45, 2.75) is 24.9 Å². The number of hydrogen-bond donors (Lipinski definition) is 2. The van der Waals surface area contributed by atoms with Gasteiger partial charge < -0.3 is 15.6 Å². The van der Waals surface area contributed by atoms with Gasteiger partial charge in [-0.15, -0.1) is 0 Å². The molecule has 7 heteroatoms. The van der Waals surface area contributed by atoms with Crippen LogP contribution in [0.25, 0.3) is 0 Å². The average Bonchev–Trinajstić information content (AvgIpc) is 2.74. The van der Waals surface area contributed by atoms with Crippen molar-refractivity contribution in [1.82, 2.24) is 4.90 Å². The molecule has 0 spiro atoms. The van der Waals surface area contributed by atoms with Crippen molar-refractivity contribution < 1.29 is 23.8 Å². The first-order chi connectivity index (χ1) is 9.50. The van der Waals surface area contributed by atoms with Crippen LogP contribution in [0.2, 0.25) is 0 Å². The molecule has 1 aromatic carbocycles. The molecule has 0 bridgehead atoms. The molecular weight excluding hydrogens is 267 g/mol. The second-order valence-corrected chi connectivity index (χ2v) is 4.58. The third-order valence-electron chi connectivity index (χ3n) is 3.17. The van der Waals surface area contributed by atoms with E-state index in [1.54, 1.807) is 24.3 Å². The molecule has 0 aromatic heterocycles. The summed E-state index contributed by atoms with van der Waals surface area (Å²) < 4.78 is 18.8. The molecule has 0 aliphatic carbocycles. The Morgan fingerprint density at radius 2 is 2.05 bits per heavy atom. The van der Waals surface area contributed by atoms with E-state index in [-0.39, 0.29) is 13.2 Å². The van der Waals surface area contributed by atoms with E-state index in [1.807, 2.05) is 6.07 Å². The zero-order valence-corrected chi connectivity index (χ0v) is 10.6. The Labute approximate surface area is 114 Å². The zero-order valence-electron chi connectivity index (χ0n) is 10.6. The topological polar surface area (TPSA) is 92.9 Å². The lowest BCUT2D eigenvalue weighted by Gasteiger charge is -2.20. The second-order valence-electron chi connectivity index (χ2n) is 4.58. The van der Waals surface area contributed by atoms with Gasteiger partial charge in [0.2, 0.25) is 0 Å². The van der Waals surface area contributed by atoms with Gasteiger partial charge in [0.25, 0.3) is 0 Å². The van der Waals surface area contributed by atoms with Gasteiger partial charge in [-0.25, -0.2) is 14.0 Å². The summed E-state index contributed by atoms with van der Waals surface area (Å²) in [6.45, 7) is -0.257. The van der Waals surface area contributed by atoms with E-state index in [0.29, 0.717) is 4.90 Å². The number of halogens is 1. The largest absolute Gasteiger partial charge is 0.465 e. The average molecular weight is 282 g/mol. The van der Waals surface area contributed by atoms with Crippen LogP contribution in [0.15, 0.2) is 30.3 Å². The second kappa shape index (κ2) is 5.87. The van der Waals surface area contributed by atoms with E-state index in [1.165, 1.54) is 0 Å². The van der Waals surface area contributed by atoms with Crippen molar-refractivity contribution in [1.29, 1.82) is 0 Å². The summed E-state index contributed by atoms with van der Waals surface area (Å²) in [7, 11) is 0. The molecule has 1 amide bonds. The van der Waals surface area contributed by atoms with E-state index >= 15 is 0 Å². The van der Waals surface area contributed by atoms with Crippen LogP contribution in [0, 0.1) is 0 Å². The molecule has 0 saturated carbocycles. The molecule has 20 heavy (non-hydrogen) atoms. The van der Waals surface area contributed by atoms with Crippen LogP contribution < -0.4 is 5.73 Å². The third kappa shape index (κ3) is 2.88. The van der Waals surface area contributed by atoms with Gasteiger partial charge in [0.05, 0.1) is 6.04 Å². The summed E-state index contributed by atoms with van der Waals surface area (Å²) in [6, 6.07) is 6.34. The number of rotatable bonds is 3. The first-order valence-electron chi connectivity index (χ1n) is 6.10. The fourth-order valence-corrected chi connectivity index (χ4v) is 2.12. The van der Waals surface area contributed by atoms with Gasteiger partial charge >= 0.3 is 12.1 Å². The molecular formula is C13H15FN2O4. The maximum Gasteiger partial charge on any atom is 0.408 e. The Morgan fingerprint density at radius 1 is 1.40 bits per heavy atom. The van der Waals surface area contributed by atoms with Gasteiger partial charge in [0, 0.05) is 6.54 Å². The predicted octanol–water partition coefficient (Wildman–Crippen LogP) is 0.757. The number of likely N-dealkylation sites (tertiary alicyclic amines) is 1. The lowest BCUT2D eigenvalue weighted by atomic mass is 10.1.